The highest BCUT2D eigenvalue weighted by molar-refractivity contribution is 5.23. The van der Waals surface area contributed by atoms with Crippen LogP contribution in [0.4, 0.5) is 0 Å². The summed E-state index contributed by atoms with van der Waals surface area (Å²) >= 11 is 0. The van der Waals surface area contributed by atoms with E-state index < -0.39 is 0 Å². The molecule has 4 nitrogen and oxygen atoms in total. The van der Waals surface area contributed by atoms with Crippen molar-refractivity contribution in [3.05, 3.63) is 17.2 Å². The second kappa shape index (κ2) is 5.86. The van der Waals surface area contributed by atoms with Crippen LogP contribution in [0, 0.1) is 0 Å². The first-order chi connectivity index (χ1) is 9.70. The van der Waals surface area contributed by atoms with Gasteiger partial charge in [-0.1, -0.05) is 20.8 Å². The molecule has 0 spiro atoms. The first kappa shape index (κ1) is 14.1. The summed E-state index contributed by atoms with van der Waals surface area (Å²) in [5, 5.41) is 3.46. The molecule has 112 valence electrons. The Labute approximate surface area is 122 Å². The molecule has 4 heteroatoms. The number of nitrogens with zero attached hydrogens (tertiary/aromatic N) is 3. The Morgan fingerprint density at radius 2 is 2.25 bits per heavy atom. The van der Waals surface area contributed by atoms with Crippen LogP contribution in [0.3, 0.4) is 0 Å². The maximum absolute atomic E-state index is 4.96. The number of likely N-dealkylation sites (tertiary alicyclic amines) is 1. The van der Waals surface area contributed by atoms with Crippen LogP contribution in [0.25, 0.3) is 0 Å². The van der Waals surface area contributed by atoms with Crippen molar-refractivity contribution in [2.45, 2.75) is 58.5 Å². The third-order valence-corrected chi connectivity index (χ3v) is 4.76. The number of piperidine rings is 1. The van der Waals surface area contributed by atoms with E-state index in [1.54, 1.807) is 0 Å². The van der Waals surface area contributed by atoms with Gasteiger partial charge in [-0.15, -0.1) is 0 Å². The van der Waals surface area contributed by atoms with Crippen LogP contribution in [0.1, 0.15) is 62.8 Å². The van der Waals surface area contributed by atoms with Crippen molar-refractivity contribution < 1.29 is 0 Å². The summed E-state index contributed by atoms with van der Waals surface area (Å²) in [6.45, 7) is 12.5. The molecule has 0 bridgehead atoms. The molecule has 3 rings (SSSR count). The number of hydrogen-bond acceptors (Lipinski definition) is 3. The fourth-order valence-corrected chi connectivity index (χ4v) is 3.70. The zero-order valence-electron chi connectivity index (χ0n) is 13.2. The number of nitrogens with one attached hydrogen (secondary N) is 1. The third-order valence-electron chi connectivity index (χ3n) is 4.76. The highest BCUT2D eigenvalue weighted by Gasteiger charge is 2.28. The molecular weight excluding hydrogens is 248 g/mol. The smallest absolute Gasteiger partial charge is 0.112 e. The van der Waals surface area contributed by atoms with Gasteiger partial charge in [0.25, 0.3) is 0 Å². The first-order valence-electron chi connectivity index (χ1n) is 8.23. The van der Waals surface area contributed by atoms with E-state index in [1.807, 2.05) is 0 Å². The Balaban J connectivity index is 1.96. The Morgan fingerprint density at radius 1 is 1.40 bits per heavy atom. The van der Waals surface area contributed by atoms with E-state index >= 15 is 0 Å². The molecule has 0 radical (unpaired) electrons. The van der Waals surface area contributed by atoms with Gasteiger partial charge in [0.15, 0.2) is 0 Å². The number of fused-ring (bicyclic) bond motifs is 1. The monoisotopic (exact) mass is 276 g/mol. The van der Waals surface area contributed by atoms with Gasteiger partial charge in [0.1, 0.15) is 5.82 Å². The fraction of sp³-hybridized carbons (Fsp3) is 0.812. The van der Waals surface area contributed by atoms with Gasteiger partial charge in [0.2, 0.25) is 0 Å². The predicted molar refractivity (Wildman–Crippen MR) is 82.1 cm³/mol. The molecular formula is C16H28N4. The van der Waals surface area contributed by atoms with Crippen molar-refractivity contribution in [3.8, 4) is 0 Å². The van der Waals surface area contributed by atoms with E-state index in [4.69, 9.17) is 4.98 Å². The highest BCUT2D eigenvalue weighted by Crippen LogP contribution is 2.30. The molecule has 0 saturated carbocycles. The molecule has 3 heterocycles. The molecule has 1 unspecified atom stereocenters. The summed E-state index contributed by atoms with van der Waals surface area (Å²) in [5.41, 5.74) is 2.81. The first-order valence-corrected chi connectivity index (χ1v) is 8.23. The molecule has 2 aliphatic rings. The highest BCUT2D eigenvalue weighted by atomic mass is 15.2. The molecule has 1 aromatic heterocycles. The molecule has 1 atom stereocenters. The van der Waals surface area contributed by atoms with Crippen LogP contribution >= 0.6 is 0 Å². The van der Waals surface area contributed by atoms with E-state index in [2.05, 4.69) is 35.6 Å². The number of hydrogen-bond donors (Lipinski definition) is 1. The normalized spacial score (nSPS) is 24.1. The maximum Gasteiger partial charge on any atom is 0.112 e. The lowest BCUT2D eigenvalue weighted by Gasteiger charge is -2.35. The Bertz CT molecular complexity index is 463. The third kappa shape index (κ3) is 2.51. The zero-order valence-corrected chi connectivity index (χ0v) is 13.2. The average Bonchev–Trinajstić information content (AvgIpc) is 2.87. The van der Waals surface area contributed by atoms with E-state index in [0.717, 1.165) is 19.5 Å². The standard InChI is InChI=1S/C16H28N4/c1-4-19-9-5-6-13(11-19)20-15-7-8-17-10-14(15)18-16(20)12(2)3/h12-13,17H,4-11H2,1-3H3. The van der Waals surface area contributed by atoms with Crippen molar-refractivity contribution in [3.63, 3.8) is 0 Å². The minimum Gasteiger partial charge on any atom is -0.327 e. The Kier molecular flexibility index (Phi) is 4.13. The molecule has 0 aliphatic carbocycles. The van der Waals surface area contributed by atoms with Crippen LogP contribution in [0.2, 0.25) is 0 Å². The predicted octanol–water partition coefficient (Wildman–Crippen LogP) is 2.31. The lowest BCUT2D eigenvalue weighted by molar-refractivity contribution is 0.180. The summed E-state index contributed by atoms with van der Waals surface area (Å²) in [4.78, 5) is 7.55. The van der Waals surface area contributed by atoms with Gasteiger partial charge >= 0.3 is 0 Å². The van der Waals surface area contributed by atoms with Gasteiger partial charge in [-0.25, -0.2) is 4.98 Å². The van der Waals surface area contributed by atoms with Gasteiger partial charge in [0.05, 0.1) is 5.69 Å². The quantitative estimate of drug-likeness (QED) is 0.919. The molecule has 1 aromatic rings. The van der Waals surface area contributed by atoms with E-state index in [0.29, 0.717) is 12.0 Å². The summed E-state index contributed by atoms with van der Waals surface area (Å²) in [5.74, 6) is 1.82. The van der Waals surface area contributed by atoms with Gasteiger partial charge in [0, 0.05) is 43.7 Å². The van der Waals surface area contributed by atoms with Crippen LogP contribution < -0.4 is 5.32 Å². The topological polar surface area (TPSA) is 33.1 Å². The van der Waals surface area contributed by atoms with Crippen molar-refractivity contribution in [1.29, 1.82) is 0 Å². The van der Waals surface area contributed by atoms with Gasteiger partial charge in [-0.2, -0.15) is 0 Å². The average molecular weight is 276 g/mol. The number of imidazole rings is 1. The number of rotatable bonds is 3. The minimum absolute atomic E-state index is 0.512. The van der Waals surface area contributed by atoms with E-state index in [-0.39, 0.29) is 0 Å². The maximum atomic E-state index is 4.96. The van der Waals surface area contributed by atoms with Gasteiger partial charge in [-0.05, 0) is 25.9 Å². The molecule has 20 heavy (non-hydrogen) atoms. The lowest BCUT2D eigenvalue weighted by atomic mass is 10.0. The van der Waals surface area contributed by atoms with Crippen LogP contribution in [-0.2, 0) is 13.0 Å². The largest absolute Gasteiger partial charge is 0.327 e. The van der Waals surface area contributed by atoms with Crippen LogP contribution in [-0.4, -0.2) is 40.6 Å². The van der Waals surface area contributed by atoms with Gasteiger partial charge in [-0.3, -0.25) is 0 Å². The van der Waals surface area contributed by atoms with Gasteiger partial charge < -0.3 is 14.8 Å². The molecule has 1 fully saturated rings. The lowest BCUT2D eigenvalue weighted by Crippen LogP contribution is -2.38. The SMILES string of the molecule is CCN1CCCC(n2c(C(C)C)nc3c2CCNC3)C1. The zero-order chi connectivity index (χ0) is 14.1. The number of aromatic nitrogens is 2. The number of likely N-dealkylation sites (N-methyl/N-ethyl adjacent to an activating group) is 1. The molecule has 1 N–H and O–H groups in total. The van der Waals surface area contributed by atoms with Crippen molar-refractivity contribution in [1.82, 2.24) is 19.8 Å². The Hall–Kier alpha value is -0.870. The molecule has 2 aliphatic heterocycles. The Morgan fingerprint density at radius 3 is 3.00 bits per heavy atom. The summed E-state index contributed by atoms with van der Waals surface area (Å²) < 4.78 is 2.61. The van der Waals surface area contributed by atoms with Crippen molar-refractivity contribution >= 4 is 0 Å². The minimum atomic E-state index is 0.512. The molecule has 1 saturated heterocycles. The van der Waals surface area contributed by atoms with E-state index in [1.165, 1.54) is 49.7 Å². The summed E-state index contributed by atoms with van der Waals surface area (Å²) in [7, 11) is 0. The van der Waals surface area contributed by atoms with Crippen molar-refractivity contribution in [2.75, 3.05) is 26.2 Å². The van der Waals surface area contributed by atoms with Crippen LogP contribution in [0.15, 0.2) is 0 Å². The van der Waals surface area contributed by atoms with Crippen molar-refractivity contribution in [2.24, 2.45) is 0 Å². The second-order valence-corrected chi connectivity index (χ2v) is 6.50. The second-order valence-electron chi connectivity index (χ2n) is 6.50. The fourth-order valence-electron chi connectivity index (χ4n) is 3.70. The molecule has 0 amide bonds. The van der Waals surface area contributed by atoms with E-state index in [9.17, 15) is 0 Å². The molecule has 0 aromatic carbocycles. The summed E-state index contributed by atoms with van der Waals surface area (Å²) in [6.07, 6.45) is 3.77. The summed E-state index contributed by atoms with van der Waals surface area (Å²) in [6, 6.07) is 0.635. The van der Waals surface area contributed by atoms with Crippen LogP contribution in [0.5, 0.6) is 0 Å².